The van der Waals surface area contributed by atoms with E-state index in [9.17, 15) is 13.2 Å². The van der Waals surface area contributed by atoms with Gasteiger partial charge in [-0.05, 0) is 64.5 Å². The highest BCUT2D eigenvalue weighted by Crippen LogP contribution is 2.41. The minimum atomic E-state index is -4.64. The molecule has 0 bridgehead atoms. The minimum Gasteiger partial charge on any atom is -0.456 e. The molecule has 1 unspecified atom stereocenters. The summed E-state index contributed by atoms with van der Waals surface area (Å²) in [6, 6.07) is 5.51. The first-order chi connectivity index (χ1) is 17.9. The maximum atomic E-state index is 13.9. The van der Waals surface area contributed by atoms with E-state index < -0.39 is 17.3 Å². The number of nitrogens with one attached hydrogen (secondary N) is 1. The van der Waals surface area contributed by atoms with E-state index in [0.29, 0.717) is 29.8 Å². The molecule has 2 aromatic heterocycles. The zero-order valence-corrected chi connectivity index (χ0v) is 22.3. The van der Waals surface area contributed by atoms with E-state index in [4.69, 9.17) is 27.1 Å². The van der Waals surface area contributed by atoms with E-state index in [1.54, 1.807) is 6.07 Å². The van der Waals surface area contributed by atoms with Crippen LogP contribution in [0, 0.1) is 0 Å². The lowest BCUT2D eigenvalue weighted by Crippen LogP contribution is -2.48. The van der Waals surface area contributed by atoms with Crippen molar-refractivity contribution in [2.75, 3.05) is 50.4 Å². The minimum absolute atomic E-state index is 0.0418. The van der Waals surface area contributed by atoms with Gasteiger partial charge in [-0.15, -0.1) is 0 Å². The lowest BCUT2D eigenvalue weighted by Gasteiger charge is -2.36. The molecule has 2 aliphatic heterocycles. The molecule has 204 valence electrons. The maximum Gasteiger partial charge on any atom is 0.418 e. The molecular weight excluding hydrogens is 519 g/mol. The van der Waals surface area contributed by atoms with Crippen molar-refractivity contribution < 1.29 is 17.9 Å². The Balaban J connectivity index is 1.66. The maximum absolute atomic E-state index is 13.9. The quantitative estimate of drug-likeness (QED) is 0.477. The highest BCUT2D eigenvalue weighted by Gasteiger charge is 2.39. The fourth-order valence-corrected chi connectivity index (χ4v) is 5.71. The number of rotatable bonds is 5. The monoisotopic (exact) mass is 549 g/mol. The summed E-state index contributed by atoms with van der Waals surface area (Å²) < 4.78 is 48.0. The van der Waals surface area contributed by atoms with Crippen LogP contribution >= 0.6 is 11.6 Å². The van der Waals surface area contributed by atoms with Crippen molar-refractivity contribution in [3.63, 3.8) is 0 Å². The number of hydrogen-bond acceptors (Lipinski definition) is 8. The Morgan fingerprint density at radius 2 is 1.82 bits per heavy atom. The number of fused-ring (bicyclic) bond motifs is 1. The standard InChI is InChI=1S/C26H31ClF3N7O/c1-25(2,20-5-4-10-36(20)3)38-24-33-19-14-15(22-17(26(28,29)30)6-7-21(31)34-22)18(27)13-16(19)23(35-24)37-11-8-32-9-12-37/h6-7,13-14,20,32H,4-5,8-12H2,1-3H3,(H2,31,34). The number of likely N-dealkylation sites (N-methyl/N-ethyl adjacent to an activating group) is 1. The third kappa shape index (κ3) is 5.19. The Hall–Kier alpha value is -2.89. The Kier molecular flexibility index (Phi) is 7.04. The smallest absolute Gasteiger partial charge is 0.418 e. The van der Waals surface area contributed by atoms with Crippen molar-refractivity contribution in [2.24, 2.45) is 0 Å². The van der Waals surface area contributed by atoms with E-state index in [0.717, 1.165) is 44.6 Å². The molecule has 12 heteroatoms. The molecule has 4 heterocycles. The van der Waals surface area contributed by atoms with Gasteiger partial charge in [0.25, 0.3) is 0 Å². The number of hydrogen-bond donors (Lipinski definition) is 2. The molecule has 2 aliphatic rings. The molecule has 0 saturated carbocycles. The summed E-state index contributed by atoms with van der Waals surface area (Å²) in [5.41, 5.74) is 4.41. The highest BCUT2D eigenvalue weighted by molar-refractivity contribution is 6.34. The molecule has 5 rings (SSSR count). The van der Waals surface area contributed by atoms with Crippen molar-refractivity contribution in [1.29, 1.82) is 0 Å². The van der Waals surface area contributed by atoms with Gasteiger partial charge in [0.1, 0.15) is 17.2 Å². The number of nitrogens with two attached hydrogens (primary N) is 1. The van der Waals surface area contributed by atoms with Gasteiger partial charge in [-0.2, -0.15) is 23.1 Å². The van der Waals surface area contributed by atoms with Gasteiger partial charge in [-0.25, -0.2) is 4.98 Å². The first-order valence-corrected chi connectivity index (χ1v) is 13.0. The molecule has 0 amide bonds. The number of ether oxygens (including phenoxy) is 1. The van der Waals surface area contributed by atoms with Crippen LogP contribution < -0.4 is 20.7 Å². The van der Waals surface area contributed by atoms with Gasteiger partial charge in [0.2, 0.25) is 0 Å². The average Bonchev–Trinajstić information content (AvgIpc) is 3.30. The van der Waals surface area contributed by atoms with Gasteiger partial charge in [-0.1, -0.05) is 11.6 Å². The van der Waals surface area contributed by atoms with Crippen LogP contribution in [0.1, 0.15) is 32.3 Å². The molecule has 8 nitrogen and oxygen atoms in total. The van der Waals surface area contributed by atoms with Crippen LogP contribution in [-0.4, -0.2) is 71.3 Å². The number of anilines is 2. The van der Waals surface area contributed by atoms with Gasteiger partial charge in [0, 0.05) is 43.2 Å². The number of benzene rings is 1. The molecule has 2 fully saturated rings. The molecule has 1 atom stereocenters. The van der Waals surface area contributed by atoms with Gasteiger partial charge >= 0.3 is 12.2 Å². The molecule has 0 radical (unpaired) electrons. The van der Waals surface area contributed by atoms with Crippen LogP contribution in [-0.2, 0) is 6.18 Å². The summed E-state index contributed by atoms with van der Waals surface area (Å²) in [5.74, 6) is 0.590. The van der Waals surface area contributed by atoms with Crippen molar-refractivity contribution in [3.05, 3.63) is 34.9 Å². The molecular formula is C26H31ClF3N7O. The second-order valence-corrected chi connectivity index (χ2v) is 10.8. The number of nitrogens with zero attached hydrogens (tertiary/aromatic N) is 5. The van der Waals surface area contributed by atoms with Crippen LogP contribution in [0.25, 0.3) is 22.2 Å². The van der Waals surface area contributed by atoms with Crippen LogP contribution in [0.2, 0.25) is 5.02 Å². The number of halogens is 4. The molecule has 3 aromatic rings. The van der Waals surface area contributed by atoms with Crippen molar-refractivity contribution in [2.45, 2.75) is 44.5 Å². The average molecular weight is 550 g/mol. The molecule has 1 aromatic carbocycles. The largest absolute Gasteiger partial charge is 0.456 e. The summed E-state index contributed by atoms with van der Waals surface area (Å²) >= 11 is 6.60. The van der Waals surface area contributed by atoms with Gasteiger partial charge < -0.3 is 20.7 Å². The number of piperazine rings is 1. The normalized spacial score (nSPS) is 19.3. The van der Waals surface area contributed by atoms with Crippen LogP contribution in [0.3, 0.4) is 0 Å². The van der Waals surface area contributed by atoms with Gasteiger partial charge in [0.15, 0.2) is 0 Å². The van der Waals surface area contributed by atoms with Crippen molar-refractivity contribution in [1.82, 2.24) is 25.2 Å². The summed E-state index contributed by atoms with van der Waals surface area (Å²) in [6.07, 6.45) is -2.57. The first-order valence-electron chi connectivity index (χ1n) is 12.6. The molecule has 2 saturated heterocycles. The Morgan fingerprint density at radius 3 is 2.47 bits per heavy atom. The fraction of sp³-hybridized carbons (Fsp3) is 0.500. The van der Waals surface area contributed by atoms with Crippen LogP contribution in [0.5, 0.6) is 6.01 Å². The third-order valence-electron chi connectivity index (χ3n) is 7.32. The predicted molar refractivity (Wildman–Crippen MR) is 143 cm³/mol. The Morgan fingerprint density at radius 1 is 1.08 bits per heavy atom. The number of pyridine rings is 1. The van der Waals surface area contributed by atoms with Crippen LogP contribution in [0.4, 0.5) is 24.8 Å². The lowest BCUT2D eigenvalue weighted by molar-refractivity contribution is -0.137. The molecule has 3 N–H and O–H groups in total. The SMILES string of the molecule is CN1CCCC1C(C)(C)Oc1nc(N2CCNCC2)c2cc(Cl)c(-c3nc(N)ccc3C(F)(F)F)cc2n1. The summed E-state index contributed by atoms with van der Waals surface area (Å²) in [4.78, 5) is 17.8. The summed E-state index contributed by atoms with van der Waals surface area (Å²) in [6.45, 7) is 7.96. The lowest BCUT2D eigenvalue weighted by atomic mass is 9.96. The Bertz CT molecular complexity index is 1340. The topological polar surface area (TPSA) is 92.4 Å². The van der Waals surface area contributed by atoms with E-state index in [2.05, 4.69) is 32.1 Å². The number of alkyl halides is 3. The van der Waals surface area contributed by atoms with Crippen LogP contribution in [0.15, 0.2) is 24.3 Å². The Labute approximate surface area is 224 Å². The van der Waals surface area contributed by atoms with E-state index in [-0.39, 0.29) is 34.2 Å². The van der Waals surface area contributed by atoms with Gasteiger partial charge in [0.05, 0.1) is 21.8 Å². The van der Waals surface area contributed by atoms with Crippen molar-refractivity contribution >= 4 is 34.1 Å². The number of likely N-dealkylation sites (tertiary alicyclic amines) is 1. The van der Waals surface area contributed by atoms with Crippen molar-refractivity contribution in [3.8, 4) is 17.3 Å². The molecule has 0 aliphatic carbocycles. The second-order valence-electron chi connectivity index (χ2n) is 10.4. The summed E-state index contributed by atoms with van der Waals surface area (Å²) in [7, 11) is 2.07. The zero-order valence-electron chi connectivity index (χ0n) is 21.6. The van der Waals surface area contributed by atoms with Gasteiger partial charge in [-0.3, -0.25) is 4.90 Å². The highest BCUT2D eigenvalue weighted by atomic mass is 35.5. The first kappa shape index (κ1) is 26.7. The predicted octanol–water partition coefficient (Wildman–Crippen LogP) is 4.61. The van der Waals surface area contributed by atoms with E-state index in [1.807, 2.05) is 13.8 Å². The number of nitrogen functional groups attached to an aromatic ring is 1. The number of aromatic nitrogens is 3. The summed E-state index contributed by atoms with van der Waals surface area (Å²) in [5, 5.41) is 4.05. The van der Waals surface area contributed by atoms with E-state index >= 15 is 0 Å². The molecule has 38 heavy (non-hydrogen) atoms. The molecule has 0 spiro atoms. The van der Waals surface area contributed by atoms with E-state index in [1.165, 1.54) is 6.07 Å². The second kappa shape index (κ2) is 10.0. The third-order valence-corrected chi connectivity index (χ3v) is 7.63. The fourth-order valence-electron chi connectivity index (χ4n) is 5.46. The zero-order chi connectivity index (χ0) is 27.2.